The SMILES string of the molecule is C=CCOc1ccc(CN(CC2CCCO2)C(=O)Cn2ccc(=O)[nH]c2=O)cc1OC. The molecule has 1 fully saturated rings. The van der Waals surface area contributed by atoms with Crippen LogP contribution in [0.3, 0.4) is 0 Å². The molecule has 0 aliphatic carbocycles. The molecule has 9 nitrogen and oxygen atoms in total. The molecule has 1 unspecified atom stereocenters. The van der Waals surface area contributed by atoms with E-state index in [-0.39, 0.29) is 18.6 Å². The van der Waals surface area contributed by atoms with Crippen molar-refractivity contribution < 1.29 is 19.0 Å². The predicted octanol–water partition coefficient (Wildman–Crippen LogP) is 1.32. The Morgan fingerprint density at radius 1 is 1.35 bits per heavy atom. The van der Waals surface area contributed by atoms with E-state index < -0.39 is 11.2 Å². The zero-order valence-corrected chi connectivity index (χ0v) is 17.5. The highest BCUT2D eigenvalue weighted by Crippen LogP contribution is 2.29. The molecular formula is C22H27N3O6. The van der Waals surface area contributed by atoms with E-state index >= 15 is 0 Å². The van der Waals surface area contributed by atoms with Gasteiger partial charge in [0.2, 0.25) is 5.91 Å². The van der Waals surface area contributed by atoms with Crippen molar-refractivity contribution in [3.05, 3.63) is 69.5 Å². The first-order valence-corrected chi connectivity index (χ1v) is 10.1. The van der Waals surface area contributed by atoms with Gasteiger partial charge >= 0.3 is 5.69 Å². The highest BCUT2D eigenvalue weighted by molar-refractivity contribution is 5.76. The third kappa shape index (κ3) is 6.08. The van der Waals surface area contributed by atoms with Crippen LogP contribution in [-0.2, 0) is 22.6 Å². The highest BCUT2D eigenvalue weighted by Gasteiger charge is 2.23. The lowest BCUT2D eigenvalue weighted by molar-refractivity contribution is -0.134. The maximum atomic E-state index is 13.1. The summed E-state index contributed by atoms with van der Waals surface area (Å²) in [4.78, 5) is 40.1. The molecule has 0 bridgehead atoms. The second kappa shape index (κ2) is 10.6. The molecular weight excluding hydrogens is 402 g/mol. The summed E-state index contributed by atoms with van der Waals surface area (Å²) in [6.07, 6.45) is 4.75. The third-order valence-electron chi connectivity index (χ3n) is 4.96. The summed E-state index contributed by atoms with van der Waals surface area (Å²) < 4.78 is 17.9. The zero-order chi connectivity index (χ0) is 22.2. The molecule has 1 atom stereocenters. The Morgan fingerprint density at radius 2 is 2.19 bits per heavy atom. The van der Waals surface area contributed by atoms with Crippen molar-refractivity contribution >= 4 is 5.91 Å². The lowest BCUT2D eigenvalue weighted by Crippen LogP contribution is -2.41. The predicted molar refractivity (Wildman–Crippen MR) is 114 cm³/mol. The quantitative estimate of drug-likeness (QED) is 0.572. The number of H-pyrrole nitrogens is 1. The molecule has 0 saturated carbocycles. The van der Waals surface area contributed by atoms with Gasteiger partial charge in [-0.2, -0.15) is 0 Å². The number of hydrogen-bond donors (Lipinski definition) is 1. The molecule has 1 saturated heterocycles. The van der Waals surface area contributed by atoms with Crippen LogP contribution in [-0.4, -0.2) is 53.3 Å². The smallest absolute Gasteiger partial charge is 0.328 e. The Kier molecular flexibility index (Phi) is 7.66. The van der Waals surface area contributed by atoms with E-state index in [1.54, 1.807) is 24.2 Å². The fourth-order valence-corrected chi connectivity index (χ4v) is 3.40. The van der Waals surface area contributed by atoms with Crippen molar-refractivity contribution in [1.29, 1.82) is 0 Å². The van der Waals surface area contributed by atoms with Gasteiger partial charge in [-0.1, -0.05) is 18.7 Å². The number of aromatic nitrogens is 2. The van der Waals surface area contributed by atoms with Gasteiger partial charge in [0.1, 0.15) is 13.2 Å². The van der Waals surface area contributed by atoms with Gasteiger partial charge in [-0.3, -0.25) is 19.1 Å². The lowest BCUT2D eigenvalue weighted by Gasteiger charge is -2.26. The van der Waals surface area contributed by atoms with E-state index in [1.807, 2.05) is 12.1 Å². The largest absolute Gasteiger partial charge is 0.493 e. The van der Waals surface area contributed by atoms with Crippen molar-refractivity contribution in [3.63, 3.8) is 0 Å². The number of carbonyl (C=O) groups excluding carboxylic acids is 1. The average Bonchev–Trinajstić information content (AvgIpc) is 3.27. The minimum atomic E-state index is -0.622. The number of methoxy groups -OCH3 is 1. The molecule has 31 heavy (non-hydrogen) atoms. The molecule has 1 aliphatic rings. The standard InChI is InChI=1S/C22H27N3O6/c1-3-10-31-18-7-6-16(12-19(18)29-2)13-25(14-17-5-4-11-30-17)21(27)15-24-9-8-20(26)23-22(24)28/h3,6-9,12,17H,1,4-5,10-11,13-15H2,2H3,(H,23,26,28). The molecule has 166 valence electrons. The van der Waals surface area contributed by atoms with Gasteiger partial charge in [0.15, 0.2) is 11.5 Å². The van der Waals surface area contributed by atoms with Crippen LogP contribution < -0.4 is 20.7 Å². The fraction of sp³-hybridized carbons (Fsp3) is 0.409. The second-order valence-corrected chi connectivity index (χ2v) is 7.23. The number of nitrogens with one attached hydrogen (secondary N) is 1. The van der Waals surface area contributed by atoms with Gasteiger partial charge in [0, 0.05) is 32.0 Å². The third-order valence-corrected chi connectivity index (χ3v) is 4.96. The number of ether oxygens (including phenoxy) is 3. The number of carbonyl (C=O) groups is 1. The van der Waals surface area contributed by atoms with Gasteiger partial charge in [0.05, 0.1) is 13.2 Å². The van der Waals surface area contributed by atoms with E-state index in [9.17, 15) is 14.4 Å². The van der Waals surface area contributed by atoms with Crippen molar-refractivity contribution in [2.75, 3.05) is 26.9 Å². The summed E-state index contributed by atoms with van der Waals surface area (Å²) in [5.41, 5.74) is -0.276. The minimum absolute atomic E-state index is 0.0478. The second-order valence-electron chi connectivity index (χ2n) is 7.23. The van der Waals surface area contributed by atoms with Crippen molar-refractivity contribution in [1.82, 2.24) is 14.5 Å². The first-order chi connectivity index (χ1) is 15.0. The van der Waals surface area contributed by atoms with Gasteiger partial charge in [-0.05, 0) is 30.5 Å². The number of amides is 1. The van der Waals surface area contributed by atoms with Gasteiger partial charge in [-0.25, -0.2) is 4.79 Å². The van der Waals surface area contributed by atoms with E-state index in [2.05, 4.69) is 11.6 Å². The first-order valence-electron chi connectivity index (χ1n) is 10.1. The average molecular weight is 429 g/mol. The molecule has 1 aromatic carbocycles. The van der Waals surface area contributed by atoms with Crippen LogP contribution in [0.5, 0.6) is 11.5 Å². The van der Waals surface area contributed by atoms with E-state index in [4.69, 9.17) is 14.2 Å². The normalized spacial score (nSPS) is 15.5. The fourth-order valence-electron chi connectivity index (χ4n) is 3.40. The number of nitrogens with zero attached hydrogens (tertiary/aromatic N) is 2. The van der Waals surface area contributed by atoms with E-state index in [0.717, 1.165) is 18.4 Å². The maximum absolute atomic E-state index is 13.1. The number of aromatic amines is 1. The molecule has 3 rings (SSSR count). The summed E-state index contributed by atoms with van der Waals surface area (Å²) in [5.74, 6) is 0.888. The monoisotopic (exact) mass is 429 g/mol. The van der Waals surface area contributed by atoms with Crippen LogP contribution in [0, 0.1) is 0 Å². The van der Waals surface area contributed by atoms with Crippen LogP contribution in [0.25, 0.3) is 0 Å². The lowest BCUT2D eigenvalue weighted by atomic mass is 10.1. The molecule has 1 aliphatic heterocycles. The maximum Gasteiger partial charge on any atom is 0.328 e. The zero-order valence-electron chi connectivity index (χ0n) is 17.5. The van der Waals surface area contributed by atoms with E-state index in [0.29, 0.717) is 37.8 Å². The van der Waals surface area contributed by atoms with Crippen LogP contribution in [0.4, 0.5) is 0 Å². The van der Waals surface area contributed by atoms with Crippen LogP contribution >= 0.6 is 0 Å². The Labute approximate surface area is 179 Å². The first kappa shape index (κ1) is 22.4. The Hall–Kier alpha value is -3.33. The molecule has 1 amide bonds. The Bertz CT molecular complexity index is 1020. The summed E-state index contributed by atoms with van der Waals surface area (Å²) in [6.45, 7) is 5.21. The minimum Gasteiger partial charge on any atom is -0.493 e. The number of rotatable bonds is 10. The van der Waals surface area contributed by atoms with Crippen LogP contribution in [0.1, 0.15) is 18.4 Å². The highest BCUT2D eigenvalue weighted by atomic mass is 16.5. The summed E-state index contributed by atoms with van der Waals surface area (Å²) in [7, 11) is 1.55. The van der Waals surface area contributed by atoms with E-state index in [1.165, 1.54) is 16.8 Å². The molecule has 1 aromatic heterocycles. The van der Waals surface area contributed by atoms with Gasteiger partial charge in [0.25, 0.3) is 5.56 Å². The summed E-state index contributed by atoms with van der Waals surface area (Å²) in [6, 6.07) is 6.69. The molecule has 1 N–H and O–H groups in total. The van der Waals surface area contributed by atoms with Gasteiger partial charge < -0.3 is 19.1 Å². The van der Waals surface area contributed by atoms with Crippen LogP contribution in [0.2, 0.25) is 0 Å². The molecule has 0 radical (unpaired) electrons. The van der Waals surface area contributed by atoms with Crippen molar-refractivity contribution in [2.24, 2.45) is 0 Å². The van der Waals surface area contributed by atoms with Crippen molar-refractivity contribution in [3.8, 4) is 11.5 Å². The summed E-state index contributed by atoms with van der Waals surface area (Å²) in [5, 5.41) is 0. The Balaban J connectivity index is 1.79. The topological polar surface area (TPSA) is 103 Å². The molecule has 2 aromatic rings. The van der Waals surface area contributed by atoms with Crippen molar-refractivity contribution in [2.45, 2.75) is 32.0 Å². The Morgan fingerprint density at radius 3 is 2.87 bits per heavy atom. The number of benzene rings is 1. The molecule has 2 heterocycles. The molecule has 9 heteroatoms. The van der Waals surface area contributed by atoms with Gasteiger partial charge in [-0.15, -0.1) is 0 Å². The number of hydrogen-bond acceptors (Lipinski definition) is 6. The van der Waals surface area contributed by atoms with Crippen LogP contribution in [0.15, 0.2) is 52.7 Å². The molecule has 0 spiro atoms. The summed E-state index contributed by atoms with van der Waals surface area (Å²) >= 11 is 0.